The first-order chi connectivity index (χ1) is 9.85. The second-order valence-corrected chi connectivity index (χ2v) is 5.50. The van der Waals surface area contributed by atoms with Gasteiger partial charge in [0.2, 0.25) is 5.91 Å². The lowest BCUT2D eigenvalue weighted by Gasteiger charge is -2.31. The number of hydrogen-bond donors (Lipinski definition) is 1. The molecule has 21 heavy (non-hydrogen) atoms. The maximum absolute atomic E-state index is 12.2. The van der Waals surface area contributed by atoms with E-state index in [4.69, 9.17) is 0 Å². The highest BCUT2D eigenvalue weighted by molar-refractivity contribution is 7.99. The summed E-state index contributed by atoms with van der Waals surface area (Å²) in [6.45, 7) is 3.20. The SMILES string of the molecule is CCC(CC)(C(=O)[O-])C(=O)Nc1ccc(SC(F)F)cc1. The zero-order chi connectivity index (χ0) is 16.0. The molecule has 1 rings (SSSR count). The molecule has 0 saturated heterocycles. The summed E-state index contributed by atoms with van der Waals surface area (Å²) in [5.74, 6) is -4.60. The lowest BCUT2D eigenvalue weighted by molar-refractivity contribution is -0.317. The summed E-state index contributed by atoms with van der Waals surface area (Å²) in [6, 6.07) is 5.78. The van der Waals surface area contributed by atoms with E-state index >= 15 is 0 Å². The number of aliphatic carboxylic acids is 1. The van der Waals surface area contributed by atoms with Gasteiger partial charge in [0, 0.05) is 10.6 Å². The summed E-state index contributed by atoms with van der Waals surface area (Å²) in [6.07, 6.45) is 0.216. The molecular formula is C14H16F2NO3S-. The molecule has 1 aromatic rings. The van der Waals surface area contributed by atoms with Gasteiger partial charge in [-0.15, -0.1) is 0 Å². The Hall–Kier alpha value is -1.63. The molecule has 0 aliphatic carbocycles. The molecule has 0 aliphatic heterocycles. The Labute approximate surface area is 125 Å². The zero-order valence-corrected chi connectivity index (χ0v) is 12.5. The van der Waals surface area contributed by atoms with Crippen molar-refractivity contribution in [2.75, 3.05) is 5.32 Å². The standard InChI is InChI=1S/C14H17F2NO3S/c1-3-14(4-2,12(19)20)11(18)17-9-5-7-10(8-6-9)21-13(15)16/h5-8,13H,3-4H2,1-2H3,(H,17,18)(H,19,20)/p-1. The molecule has 0 aliphatic rings. The maximum atomic E-state index is 12.2. The number of amides is 1. The summed E-state index contributed by atoms with van der Waals surface area (Å²) in [4.78, 5) is 23.7. The fraction of sp³-hybridized carbons (Fsp3) is 0.429. The van der Waals surface area contributed by atoms with Crippen LogP contribution in [0.3, 0.4) is 0 Å². The summed E-state index contributed by atoms with van der Waals surface area (Å²) >= 11 is 0.395. The molecule has 0 atom stereocenters. The summed E-state index contributed by atoms with van der Waals surface area (Å²) in [5, 5.41) is 13.7. The Morgan fingerprint density at radius 2 is 1.76 bits per heavy atom. The number of carbonyl (C=O) groups excluding carboxylic acids is 2. The van der Waals surface area contributed by atoms with E-state index < -0.39 is 23.0 Å². The molecule has 4 nitrogen and oxygen atoms in total. The molecule has 0 unspecified atom stereocenters. The van der Waals surface area contributed by atoms with Crippen molar-refractivity contribution >= 4 is 29.3 Å². The molecule has 0 fully saturated rings. The van der Waals surface area contributed by atoms with Crippen LogP contribution < -0.4 is 10.4 Å². The van der Waals surface area contributed by atoms with E-state index in [0.717, 1.165) is 0 Å². The minimum Gasteiger partial charge on any atom is -0.549 e. The van der Waals surface area contributed by atoms with Gasteiger partial charge in [-0.1, -0.05) is 25.6 Å². The lowest BCUT2D eigenvalue weighted by atomic mass is 9.81. The van der Waals surface area contributed by atoms with Crippen LogP contribution in [0.25, 0.3) is 0 Å². The molecule has 0 spiro atoms. The average molecular weight is 316 g/mol. The number of alkyl halides is 2. The van der Waals surface area contributed by atoms with Gasteiger partial charge in [0.15, 0.2) is 0 Å². The number of nitrogens with one attached hydrogen (secondary N) is 1. The summed E-state index contributed by atoms with van der Waals surface area (Å²) in [7, 11) is 0. The second-order valence-electron chi connectivity index (χ2n) is 4.43. The van der Waals surface area contributed by atoms with Gasteiger partial charge in [0.1, 0.15) is 0 Å². The van der Waals surface area contributed by atoms with Crippen LogP contribution in [0.4, 0.5) is 14.5 Å². The van der Waals surface area contributed by atoms with Crippen molar-refractivity contribution < 1.29 is 23.5 Å². The normalized spacial score (nSPS) is 11.5. The van der Waals surface area contributed by atoms with Crippen LogP contribution in [-0.2, 0) is 9.59 Å². The smallest absolute Gasteiger partial charge is 0.288 e. The highest BCUT2D eigenvalue weighted by atomic mass is 32.2. The molecular weight excluding hydrogens is 300 g/mol. The molecule has 1 amide bonds. The minimum atomic E-state index is -2.52. The summed E-state index contributed by atoms with van der Waals surface area (Å²) in [5.41, 5.74) is -1.23. The molecule has 116 valence electrons. The second kappa shape index (κ2) is 7.40. The van der Waals surface area contributed by atoms with Gasteiger partial charge in [-0.25, -0.2) is 0 Å². The topological polar surface area (TPSA) is 69.2 Å². The quantitative estimate of drug-likeness (QED) is 0.620. The molecule has 1 N–H and O–H groups in total. The van der Waals surface area contributed by atoms with E-state index in [1.54, 1.807) is 13.8 Å². The van der Waals surface area contributed by atoms with Gasteiger partial charge in [-0.2, -0.15) is 8.78 Å². The monoisotopic (exact) mass is 316 g/mol. The van der Waals surface area contributed by atoms with Gasteiger partial charge < -0.3 is 15.2 Å². The van der Waals surface area contributed by atoms with Gasteiger partial charge in [-0.3, -0.25) is 4.79 Å². The van der Waals surface area contributed by atoms with E-state index in [2.05, 4.69) is 5.32 Å². The number of carboxylic acids is 1. The lowest BCUT2D eigenvalue weighted by Crippen LogP contribution is -2.49. The van der Waals surface area contributed by atoms with Crippen LogP contribution in [0.15, 0.2) is 29.2 Å². The van der Waals surface area contributed by atoms with Crippen molar-refractivity contribution in [2.24, 2.45) is 5.41 Å². The Morgan fingerprint density at radius 1 is 1.24 bits per heavy atom. The molecule has 1 aromatic carbocycles. The third-order valence-corrected chi connectivity index (χ3v) is 4.09. The fourth-order valence-corrected chi connectivity index (χ4v) is 2.42. The van der Waals surface area contributed by atoms with Gasteiger partial charge >= 0.3 is 0 Å². The van der Waals surface area contributed by atoms with E-state index in [-0.39, 0.29) is 12.8 Å². The van der Waals surface area contributed by atoms with Gasteiger partial charge in [0.05, 0.1) is 11.4 Å². The molecule has 0 bridgehead atoms. The molecule has 0 saturated carbocycles. The van der Waals surface area contributed by atoms with Crippen molar-refractivity contribution in [3.05, 3.63) is 24.3 Å². The maximum Gasteiger partial charge on any atom is 0.288 e. The summed E-state index contributed by atoms with van der Waals surface area (Å²) < 4.78 is 24.4. The highest BCUT2D eigenvalue weighted by Crippen LogP contribution is 2.29. The van der Waals surface area contributed by atoms with E-state index in [9.17, 15) is 23.5 Å². The van der Waals surface area contributed by atoms with Gasteiger partial charge in [-0.05, 0) is 37.1 Å². The van der Waals surface area contributed by atoms with Gasteiger partial charge in [0.25, 0.3) is 5.76 Å². The fourth-order valence-electron chi connectivity index (χ4n) is 1.92. The Bertz CT molecular complexity index is 501. The van der Waals surface area contributed by atoms with Crippen molar-refractivity contribution in [1.82, 2.24) is 0 Å². The first kappa shape index (κ1) is 17.4. The third-order valence-electron chi connectivity index (χ3n) is 3.37. The van der Waals surface area contributed by atoms with E-state index in [1.165, 1.54) is 24.3 Å². The number of hydrogen-bond acceptors (Lipinski definition) is 4. The van der Waals surface area contributed by atoms with Crippen LogP contribution >= 0.6 is 11.8 Å². The van der Waals surface area contributed by atoms with Crippen LogP contribution in [0.5, 0.6) is 0 Å². The van der Waals surface area contributed by atoms with Crippen molar-refractivity contribution in [3.63, 3.8) is 0 Å². The first-order valence-electron chi connectivity index (χ1n) is 6.43. The predicted molar refractivity (Wildman–Crippen MR) is 75.0 cm³/mol. The number of carbonyl (C=O) groups is 2. The molecule has 0 heterocycles. The van der Waals surface area contributed by atoms with Crippen LogP contribution in [0, 0.1) is 5.41 Å². The van der Waals surface area contributed by atoms with Crippen molar-refractivity contribution in [3.8, 4) is 0 Å². The number of thioether (sulfide) groups is 1. The molecule has 7 heteroatoms. The molecule has 0 radical (unpaired) electrons. The first-order valence-corrected chi connectivity index (χ1v) is 7.31. The van der Waals surface area contributed by atoms with Crippen molar-refractivity contribution in [1.29, 1.82) is 0 Å². The minimum absolute atomic E-state index is 0.108. The zero-order valence-electron chi connectivity index (χ0n) is 11.7. The van der Waals surface area contributed by atoms with Crippen molar-refractivity contribution in [2.45, 2.75) is 37.3 Å². The number of benzene rings is 1. The third kappa shape index (κ3) is 4.17. The number of carboxylic acid groups (broad SMARTS) is 1. The van der Waals surface area contributed by atoms with Crippen LogP contribution in [0.1, 0.15) is 26.7 Å². The Balaban J connectivity index is 2.85. The van der Waals surface area contributed by atoms with E-state index in [0.29, 0.717) is 22.3 Å². The Morgan fingerprint density at radius 3 is 2.14 bits per heavy atom. The van der Waals surface area contributed by atoms with Crippen LogP contribution in [0.2, 0.25) is 0 Å². The highest BCUT2D eigenvalue weighted by Gasteiger charge is 2.36. The average Bonchev–Trinajstić information content (AvgIpc) is 2.42. The number of halogens is 2. The van der Waals surface area contributed by atoms with E-state index in [1.807, 2.05) is 0 Å². The van der Waals surface area contributed by atoms with Crippen LogP contribution in [-0.4, -0.2) is 17.6 Å². The number of rotatable bonds is 7. The Kier molecular flexibility index (Phi) is 6.14. The number of anilines is 1. The molecule has 0 aromatic heterocycles. The largest absolute Gasteiger partial charge is 0.549 e. The predicted octanol–water partition coefficient (Wildman–Crippen LogP) is 2.50.